The molecular weight excluding hydrogens is 311 g/mol. The van der Waals surface area contributed by atoms with Gasteiger partial charge >= 0.3 is 6.18 Å². The Bertz CT molecular complexity index is 697. The van der Waals surface area contributed by atoms with Crippen LogP contribution in [-0.2, 0) is 12.6 Å². The van der Waals surface area contributed by atoms with E-state index in [2.05, 4.69) is 5.32 Å². The van der Waals surface area contributed by atoms with Gasteiger partial charge < -0.3 is 15.5 Å². The lowest BCUT2D eigenvalue weighted by atomic mass is 10.1. The van der Waals surface area contributed by atoms with Crippen molar-refractivity contribution in [2.24, 2.45) is 0 Å². The normalized spacial score (nSPS) is 11.3. The minimum atomic E-state index is -4.43. The summed E-state index contributed by atoms with van der Waals surface area (Å²) in [6.07, 6.45) is -4.03. The van der Waals surface area contributed by atoms with Gasteiger partial charge in [-0.05, 0) is 48.4 Å². The van der Waals surface area contributed by atoms with Gasteiger partial charge in [0, 0.05) is 12.1 Å². The first kappa shape index (κ1) is 16.7. The maximum Gasteiger partial charge on any atom is 0.416 e. The van der Waals surface area contributed by atoms with Crippen molar-refractivity contribution >= 4 is 5.91 Å². The first-order chi connectivity index (χ1) is 10.8. The Balaban J connectivity index is 1.90. The van der Waals surface area contributed by atoms with Crippen LogP contribution in [0.5, 0.6) is 11.5 Å². The minimum absolute atomic E-state index is 0.131. The predicted octanol–water partition coefficient (Wildman–Crippen LogP) is 3.09. The molecule has 0 radical (unpaired) electrons. The third-order valence-corrected chi connectivity index (χ3v) is 3.21. The average molecular weight is 325 g/mol. The van der Waals surface area contributed by atoms with Crippen LogP contribution >= 0.6 is 0 Å². The summed E-state index contributed by atoms with van der Waals surface area (Å²) in [4.78, 5) is 11.8. The summed E-state index contributed by atoms with van der Waals surface area (Å²) >= 11 is 0. The summed E-state index contributed by atoms with van der Waals surface area (Å²) in [5, 5.41) is 21.1. The SMILES string of the molecule is O=C(NCCc1ccc(O)c(O)c1)c1ccc(C(F)(F)F)cc1. The van der Waals surface area contributed by atoms with Crippen LogP contribution < -0.4 is 5.32 Å². The van der Waals surface area contributed by atoms with E-state index in [1.54, 1.807) is 6.07 Å². The molecule has 0 spiro atoms. The predicted molar refractivity (Wildman–Crippen MR) is 77.3 cm³/mol. The van der Waals surface area contributed by atoms with E-state index < -0.39 is 17.6 Å². The Morgan fingerprint density at radius 3 is 2.22 bits per heavy atom. The maximum absolute atomic E-state index is 12.4. The van der Waals surface area contributed by atoms with E-state index in [0.29, 0.717) is 12.0 Å². The van der Waals surface area contributed by atoms with Crippen molar-refractivity contribution in [3.8, 4) is 11.5 Å². The quantitative estimate of drug-likeness (QED) is 0.757. The van der Waals surface area contributed by atoms with Crippen LogP contribution in [0.25, 0.3) is 0 Å². The first-order valence-corrected chi connectivity index (χ1v) is 6.73. The number of benzene rings is 2. The zero-order valence-corrected chi connectivity index (χ0v) is 11.9. The van der Waals surface area contributed by atoms with Crippen LogP contribution in [0.4, 0.5) is 13.2 Å². The molecule has 122 valence electrons. The monoisotopic (exact) mass is 325 g/mol. The third-order valence-electron chi connectivity index (χ3n) is 3.21. The summed E-state index contributed by atoms with van der Waals surface area (Å²) in [5.74, 6) is -0.971. The van der Waals surface area contributed by atoms with Crippen LogP contribution in [0.2, 0.25) is 0 Å². The van der Waals surface area contributed by atoms with Gasteiger partial charge in [-0.3, -0.25) is 4.79 Å². The maximum atomic E-state index is 12.4. The fourth-order valence-corrected chi connectivity index (χ4v) is 1.96. The first-order valence-electron chi connectivity index (χ1n) is 6.73. The summed E-state index contributed by atoms with van der Waals surface area (Å²) in [5.41, 5.74) is 0.0215. The number of rotatable bonds is 4. The zero-order valence-electron chi connectivity index (χ0n) is 11.9. The van der Waals surface area contributed by atoms with Gasteiger partial charge in [0.1, 0.15) is 0 Å². The van der Waals surface area contributed by atoms with E-state index in [1.807, 2.05) is 0 Å². The molecular formula is C16H14F3NO3. The van der Waals surface area contributed by atoms with E-state index in [4.69, 9.17) is 0 Å². The van der Waals surface area contributed by atoms with Gasteiger partial charge in [-0.2, -0.15) is 13.2 Å². The highest BCUT2D eigenvalue weighted by molar-refractivity contribution is 5.94. The second kappa shape index (κ2) is 6.60. The number of phenols is 2. The Hall–Kier alpha value is -2.70. The Kier molecular flexibility index (Phi) is 4.78. The molecule has 7 heteroatoms. The van der Waals surface area contributed by atoms with Crippen LogP contribution in [-0.4, -0.2) is 22.7 Å². The highest BCUT2D eigenvalue weighted by atomic mass is 19.4. The molecule has 2 rings (SSSR count). The lowest BCUT2D eigenvalue weighted by Crippen LogP contribution is -2.25. The van der Waals surface area contributed by atoms with Gasteiger partial charge in [0.05, 0.1) is 5.56 Å². The molecule has 1 amide bonds. The molecule has 2 aromatic rings. The van der Waals surface area contributed by atoms with Crippen LogP contribution in [0.3, 0.4) is 0 Å². The van der Waals surface area contributed by atoms with E-state index in [0.717, 1.165) is 24.3 Å². The largest absolute Gasteiger partial charge is 0.504 e. The fourth-order valence-electron chi connectivity index (χ4n) is 1.96. The molecule has 0 fully saturated rings. The highest BCUT2D eigenvalue weighted by Gasteiger charge is 2.30. The zero-order chi connectivity index (χ0) is 17.0. The van der Waals surface area contributed by atoms with Gasteiger partial charge in [-0.25, -0.2) is 0 Å². The number of hydrogen-bond donors (Lipinski definition) is 3. The molecule has 0 atom stereocenters. The average Bonchev–Trinajstić information content (AvgIpc) is 2.50. The van der Waals surface area contributed by atoms with Crippen LogP contribution in [0.1, 0.15) is 21.5 Å². The molecule has 0 heterocycles. The van der Waals surface area contributed by atoms with Gasteiger partial charge in [0.25, 0.3) is 5.91 Å². The molecule has 0 aromatic heterocycles. The molecule has 4 nitrogen and oxygen atoms in total. The number of aromatic hydroxyl groups is 2. The molecule has 0 bridgehead atoms. The van der Waals surface area contributed by atoms with Crippen molar-refractivity contribution in [3.63, 3.8) is 0 Å². The van der Waals surface area contributed by atoms with Gasteiger partial charge in [-0.15, -0.1) is 0 Å². The van der Waals surface area contributed by atoms with Crippen molar-refractivity contribution in [1.29, 1.82) is 0 Å². The van der Waals surface area contributed by atoms with E-state index >= 15 is 0 Å². The van der Waals surface area contributed by atoms with Crippen LogP contribution in [0, 0.1) is 0 Å². The topological polar surface area (TPSA) is 69.6 Å². The molecule has 3 N–H and O–H groups in total. The molecule has 0 aliphatic heterocycles. The molecule has 0 saturated heterocycles. The number of phenolic OH excluding ortho intramolecular Hbond substituents is 2. The van der Waals surface area contributed by atoms with Crippen molar-refractivity contribution in [2.75, 3.05) is 6.54 Å². The molecule has 0 aliphatic carbocycles. The minimum Gasteiger partial charge on any atom is -0.504 e. The summed E-state index contributed by atoms with van der Waals surface area (Å²) < 4.78 is 37.3. The highest BCUT2D eigenvalue weighted by Crippen LogP contribution is 2.29. The Morgan fingerprint density at radius 2 is 1.65 bits per heavy atom. The third kappa shape index (κ3) is 4.38. The van der Waals surface area contributed by atoms with E-state index in [9.17, 15) is 28.2 Å². The smallest absolute Gasteiger partial charge is 0.416 e. The van der Waals surface area contributed by atoms with Crippen molar-refractivity contribution < 1.29 is 28.2 Å². The fraction of sp³-hybridized carbons (Fsp3) is 0.188. The molecule has 23 heavy (non-hydrogen) atoms. The number of amides is 1. The molecule has 2 aromatic carbocycles. The van der Waals surface area contributed by atoms with Gasteiger partial charge in [0.2, 0.25) is 0 Å². The number of nitrogens with one attached hydrogen (secondary N) is 1. The van der Waals surface area contributed by atoms with Crippen LogP contribution in [0.15, 0.2) is 42.5 Å². The summed E-state index contributed by atoms with van der Waals surface area (Å²) in [7, 11) is 0. The van der Waals surface area contributed by atoms with Crippen molar-refractivity contribution in [3.05, 3.63) is 59.2 Å². The lowest BCUT2D eigenvalue weighted by molar-refractivity contribution is -0.137. The Labute approximate surface area is 130 Å². The summed E-state index contributed by atoms with van der Waals surface area (Å²) in [6.45, 7) is 0.240. The second-order valence-corrected chi connectivity index (χ2v) is 4.90. The number of halogens is 3. The number of carbonyl (C=O) groups excluding carboxylic acids is 1. The lowest BCUT2D eigenvalue weighted by Gasteiger charge is -2.09. The second-order valence-electron chi connectivity index (χ2n) is 4.90. The van der Waals surface area contributed by atoms with Crippen molar-refractivity contribution in [1.82, 2.24) is 5.32 Å². The molecule has 0 aliphatic rings. The Morgan fingerprint density at radius 1 is 1.00 bits per heavy atom. The summed E-state index contributed by atoms with van der Waals surface area (Å²) in [6, 6.07) is 8.25. The number of carbonyl (C=O) groups is 1. The van der Waals surface area contributed by atoms with Gasteiger partial charge in [0.15, 0.2) is 11.5 Å². The number of alkyl halides is 3. The van der Waals surface area contributed by atoms with Gasteiger partial charge in [-0.1, -0.05) is 6.07 Å². The van der Waals surface area contributed by atoms with E-state index in [-0.39, 0.29) is 23.6 Å². The standard InChI is InChI=1S/C16H14F3NO3/c17-16(18,19)12-4-2-11(3-5-12)15(23)20-8-7-10-1-6-13(21)14(22)9-10/h1-6,9,21-22H,7-8H2,(H,20,23). The molecule has 0 saturated carbocycles. The molecule has 0 unspecified atom stereocenters. The van der Waals surface area contributed by atoms with Crippen molar-refractivity contribution in [2.45, 2.75) is 12.6 Å². The van der Waals surface area contributed by atoms with E-state index in [1.165, 1.54) is 12.1 Å². The number of hydrogen-bond acceptors (Lipinski definition) is 3.